The number of ether oxygens (including phenoxy) is 1. The number of aryl methyl sites for hydroxylation is 1. The standard InChI is InChI=1S/C17H21N3O4/c1-10-13(20(5)14(18-10)15(21)22)11-6-8-12(9-7-11)19-16(23)24-17(2,3)4/h6-9H,1-5H3,(H,19,23)(H,21,22). The van der Waals surface area contributed by atoms with E-state index in [1.807, 2.05) is 0 Å². The highest BCUT2D eigenvalue weighted by Gasteiger charge is 2.19. The molecule has 1 amide bonds. The normalized spacial score (nSPS) is 11.2. The summed E-state index contributed by atoms with van der Waals surface area (Å²) in [5.41, 5.74) is 2.18. The van der Waals surface area contributed by atoms with Crippen molar-refractivity contribution in [2.45, 2.75) is 33.3 Å². The van der Waals surface area contributed by atoms with Crippen LogP contribution in [0.1, 0.15) is 37.1 Å². The summed E-state index contributed by atoms with van der Waals surface area (Å²) >= 11 is 0. The molecule has 0 unspecified atom stereocenters. The molecule has 1 aromatic heterocycles. The van der Waals surface area contributed by atoms with E-state index in [1.165, 1.54) is 4.57 Å². The van der Waals surface area contributed by atoms with E-state index < -0.39 is 17.7 Å². The Morgan fingerprint density at radius 3 is 2.25 bits per heavy atom. The van der Waals surface area contributed by atoms with Gasteiger partial charge in [0.15, 0.2) is 0 Å². The van der Waals surface area contributed by atoms with Gasteiger partial charge in [-0.25, -0.2) is 14.6 Å². The zero-order valence-corrected chi connectivity index (χ0v) is 14.4. The summed E-state index contributed by atoms with van der Waals surface area (Å²) in [4.78, 5) is 27.0. The van der Waals surface area contributed by atoms with Gasteiger partial charge in [-0.3, -0.25) is 5.32 Å². The van der Waals surface area contributed by atoms with Crippen molar-refractivity contribution in [1.29, 1.82) is 0 Å². The van der Waals surface area contributed by atoms with Gasteiger partial charge in [-0.1, -0.05) is 12.1 Å². The lowest BCUT2D eigenvalue weighted by atomic mass is 10.1. The first-order chi connectivity index (χ1) is 11.1. The fraction of sp³-hybridized carbons (Fsp3) is 0.353. The van der Waals surface area contributed by atoms with Crippen molar-refractivity contribution in [3.05, 3.63) is 35.8 Å². The number of benzene rings is 1. The number of carboxylic acids is 1. The predicted molar refractivity (Wildman–Crippen MR) is 90.2 cm³/mol. The van der Waals surface area contributed by atoms with Crippen molar-refractivity contribution in [3.8, 4) is 11.3 Å². The number of hydrogen-bond acceptors (Lipinski definition) is 4. The Balaban J connectivity index is 2.22. The van der Waals surface area contributed by atoms with E-state index in [1.54, 1.807) is 59.0 Å². The van der Waals surface area contributed by atoms with Crippen molar-refractivity contribution in [3.63, 3.8) is 0 Å². The number of nitrogens with zero attached hydrogens (tertiary/aromatic N) is 2. The van der Waals surface area contributed by atoms with Gasteiger partial charge in [0.1, 0.15) is 5.60 Å². The number of nitrogens with one attached hydrogen (secondary N) is 1. The van der Waals surface area contributed by atoms with Gasteiger partial charge in [-0.05, 0) is 39.8 Å². The molecule has 7 heteroatoms. The van der Waals surface area contributed by atoms with E-state index >= 15 is 0 Å². The molecule has 1 aromatic carbocycles. The summed E-state index contributed by atoms with van der Waals surface area (Å²) in [6, 6.07) is 7.04. The quantitative estimate of drug-likeness (QED) is 0.898. The largest absolute Gasteiger partial charge is 0.475 e. The molecule has 7 nitrogen and oxygen atoms in total. The van der Waals surface area contributed by atoms with Gasteiger partial charge < -0.3 is 14.4 Å². The van der Waals surface area contributed by atoms with E-state index in [-0.39, 0.29) is 5.82 Å². The highest BCUT2D eigenvalue weighted by Crippen LogP contribution is 2.25. The van der Waals surface area contributed by atoms with Crippen LogP contribution >= 0.6 is 0 Å². The fourth-order valence-electron chi connectivity index (χ4n) is 2.36. The average molecular weight is 331 g/mol. The number of imidazole rings is 1. The summed E-state index contributed by atoms with van der Waals surface area (Å²) in [6.07, 6.45) is -0.528. The average Bonchev–Trinajstić information content (AvgIpc) is 2.73. The van der Waals surface area contributed by atoms with Crippen LogP contribution in [0.4, 0.5) is 10.5 Å². The van der Waals surface area contributed by atoms with Crippen LogP contribution in [0.25, 0.3) is 11.3 Å². The number of amides is 1. The maximum absolute atomic E-state index is 11.8. The SMILES string of the molecule is Cc1nc(C(=O)O)n(C)c1-c1ccc(NC(=O)OC(C)(C)C)cc1. The summed E-state index contributed by atoms with van der Waals surface area (Å²) < 4.78 is 6.73. The lowest BCUT2D eigenvalue weighted by molar-refractivity contribution is 0.0633. The molecule has 0 aliphatic heterocycles. The van der Waals surface area contributed by atoms with Gasteiger partial charge in [-0.15, -0.1) is 0 Å². The molecule has 0 aliphatic carbocycles. The minimum absolute atomic E-state index is 0.0153. The zero-order chi connectivity index (χ0) is 18.1. The Hall–Kier alpha value is -2.83. The second-order valence-electron chi connectivity index (χ2n) is 6.44. The number of rotatable bonds is 3. The van der Waals surface area contributed by atoms with E-state index in [2.05, 4.69) is 10.3 Å². The van der Waals surface area contributed by atoms with Gasteiger partial charge in [-0.2, -0.15) is 0 Å². The van der Waals surface area contributed by atoms with Crippen molar-refractivity contribution in [2.75, 3.05) is 5.32 Å². The van der Waals surface area contributed by atoms with E-state index in [0.29, 0.717) is 11.4 Å². The number of hydrogen-bond donors (Lipinski definition) is 2. The summed E-state index contributed by atoms with van der Waals surface area (Å²) in [6.45, 7) is 7.14. The minimum atomic E-state index is -1.07. The first-order valence-corrected chi connectivity index (χ1v) is 7.45. The maximum Gasteiger partial charge on any atom is 0.412 e. The third kappa shape index (κ3) is 3.92. The number of aromatic carboxylic acids is 1. The molecule has 0 saturated carbocycles. The number of aromatic nitrogens is 2. The molecule has 2 aromatic rings. The molecule has 0 saturated heterocycles. The van der Waals surface area contributed by atoms with Crippen molar-refractivity contribution in [2.24, 2.45) is 7.05 Å². The molecule has 0 aliphatic rings. The lowest BCUT2D eigenvalue weighted by Crippen LogP contribution is -2.27. The maximum atomic E-state index is 11.8. The highest BCUT2D eigenvalue weighted by atomic mass is 16.6. The minimum Gasteiger partial charge on any atom is -0.475 e. The molecular formula is C17H21N3O4. The topological polar surface area (TPSA) is 93.5 Å². The van der Waals surface area contributed by atoms with Crippen molar-refractivity contribution in [1.82, 2.24) is 9.55 Å². The van der Waals surface area contributed by atoms with Gasteiger partial charge in [0, 0.05) is 18.3 Å². The number of carboxylic acid groups (broad SMARTS) is 1. The van der Waals surface area contributed by atoms with Crippen LogP contribution in [0.3, 0.4) is 0 Å². The predicted octanol–water partition coefficient (Wildman–Crippen LogP) is 3.44. The first kappa shape index (κ1) is 17.5. The Kier molecular flexibility index (Phi) is 4.64. The van der Waals surface area contributed by atoms with Crippen LogP contribution < -0.4 is 5.32 Å². The molecule has 0 radical (unpaired) electrons. The number of carbonyl (C=O) groups excluding carboxylic acids is 1. The second-order valence-corrected chi connectivity index (χ2v) is 6.44. The molecular weight excluding hydrogens is 310 g/mol. The van der Waals surface area contributed by atoms with Crippen LogP contribution in [0.2, 0.25) is 0 Å². The first-order valence-electron chi connectivity index (χ1n) is 7.45. The van der Waals surface area contributed by atoms with E-state index in [0.717, 1.165) is 11.3 Å². The molecule has 1 heterocycles. The number of carbonyl (C=O) groups is 2. The Bertz CT molecular complexity index is 770. The van der Waals surface area contributed by atoms with Crippen LogP contribution in [-0.2, 0) is 11.8 Å². The van der Waals surface area contributed by atoms with Gasteiger partial charge in [0.2, 0.25) is 5.82 Å². The number of anilines is 1. The third-order valence-corrected chi connectivity index (χ3v) is 3.26. The third-order valence-electron chi connectivity index (χ3n) is 3.26. The van der Waals surface area contributed by atoms with Crippen LogP contribution in [0.5, 0.6) is 0 Å². The lowest BCUT2D eigenvalue weighted by Gasteiger charge is -2.19. The molecule has 2 rings (SSSR count). The van der Waals surface area contributed by atoms with Gasteiger partial charge in [0.25, 0.3) is 0 Å². The second kappa shape index (κ2) is 6.35. The molecule has 0 bridgehead atoms. The molecule has 128 valence electrons. The van der Waals surface area contributed by atoms with Gasteiger partial charge >= 0.3 is 12.1 Å². The molecule has 0 spiro atoms. The summed E-state index contributed by atoms with van der Waals surface area (Å²) in [7, 11) is 1.66. The van der Waals surface area contributed by atoms with Crippen molar-refractivity contribution >= 4 is 17.7 Å². The summed E-state index contributed by atoms with van der Waals surface area (Å²) in [5.74, 6) is -1.09. The monoisotopic (exact) mass is 331 g/mol. The molecule has 24 heavy (non-hydrogen) atoms. The van der Waals surface area contributed by atoms with Crippen molar-refractivity contribution < 1.29 is 19.4 Å². The van der Waals surface area contributed by atoms with Crippen LogP contribution in [0, 0.1) is 6.92 Å². The Labute approximate surface area is 140 Å². The van der Waals surface area contributed by atoms with Crippen LogP contribution in [0.15, 0.2) is 24.3 Å². The fourth-order valence-corrected chi connectivity index (χ4v) is 2.36. The molecule has 2 N–H and O–H groups in total. The van der Waals surface area contributed by atoms with E-state index in [9.17, 15) is 9.59 Å². The Morgan fingerprint density at radius 1 is 1.21 bits per heavy atom. The Morgan fingerprint density at radius 2 is 1.79 bits per heavy atom. The molecule has 0 atom stereocenters. The van der Waals surface area contributed by atoms with E-state index in [4.69, 9.17) is 9.84 Å². The zero-order valence-electron chi connectivity index (χ0n) is 14.4. The summed E-state index contributed by atoms with van der Waals surface area (Å²) in [5, 5.41) is 11.8. The molecule has 0 fully saturated rings. The smallest absolute Gasteiger partial charge is 0.412 e. The van der Waals surface area contributed by atoms with Crippen LogP contribution in [-0.4, -0.2) is 32.3 Å². The van der Waals surface area contributed by atoms with Gasteiger partial charge in [0.05, 0.1) is 11.4 Å². The highest BCUT2D eigenvalue weighted by molar-refractivity contribution is 5.86.